The Balaban J connectivity index is 2.00. The normalized spacial score (nSPS) is 10.6. The number of carbonyl (C=O) groups is 1. The van der Waals surface area contributed by atoms with Crippen molar-refractivity contribution in [3.8, 4) is 0 Å². The largest absolute Gasteiger partial charge is 0.289 e. The Morgan fingerprint density at radius 2 is 1.95 bits per heavy atom. The minimum absolute atomic E-state index is 0.227. The van der Waals surface area contributed by atoms with Gasteiger partial charge in [0, 0.05) is 12.6 Å². The number of nitrogens with zero attached hydrogens (tertiary/aromatic N) is 4. The van der Waals surface area contributed by atoms with Gasteiger partial charge in [0.15, 0.2) is 0 Å². The fraction of sp³-hybridized carbons (Fsp3) is 0.0769. The van der Waals surface area contributed by atoms with E-state index >= 15 is 0 Å². The van der Waals surface area contributed by atoms with E-state index in [-0.39, 0.29) is 5.91 Å². The molecule has 1 amide bonds. The van der Waals surface area contributed by atoms with Gasteiger partial charge >= 0.3 is 0 Å². The minimum Gasteiger partial charge on any atom is -0.289 e. The summed E-state index contributed by atoms with van der Waals surface area (Å²) in [6.45, 7) is 0. The van der Waals surface area contributed by atoms with E-state index in [0.29, 0.717) is 11.5 Å². The Kier molecular flexibility index (Phi) is 2.68. The highest BCUT2D eigenvalue weighted by atomic mass is 16.1. The second kappa shape index (κ2) is 4.49. The molecule has 1 N–H and O–H groups in total. The average molecular weight is 253 g/mol. The summed E-state index contributed by atoms with van der Waals surface area (Å²) in [4.78, 5) is 12.3. The average Bonchev–Trinajstić information content (AvgIpc) is 2.83. The predicted molar refractivity (Wildman–Crippen MR) is 70.7 cm³/mol. The number of hydrogen-bond donors (Lipinski definition) is 1. The van der Waals surface area contributed by atoms with E-state index in [1.165, 1.54) is 4.68 Å². The van der Waals surface area contributed by atoms with Crippen molar-refractivity contribution in [2.75, 3.05) is 5.32 Å². The molecular formula is C13H11N5O. The number of rotatable bonds is 2. The highest BCUT2D eigenvalue weighted by Crippen LogP contribution is 2.19. The van der Waals surface area contributed by atoms with Crippen LogP contribution >= 0.6 is 0 Å². The summed E-state index contributed by atoms with van der Waals surface area (Å²) in [5, 5.41) is 15.5. The summed E-state index contributed by atoms with van der Waals surface area (Å²) >= 11 is 0. The predicted octanol–water partition coefficient (Wildman–Crippen LogP) is 1.62. The van der Waals surface area contributed by atoms with Crippen molar-refractivity contribution in [2.24, 2.45) is 7.05 Å². The first-order valence-corrected chi connectivity index (χ1v) is 5.77. The van der Waals surface area contributed by atoms with Crippen LogP contribution in [0.4, 0.5) is 5.95 Å². The third-order valence-electron chi connectivity index (χ3n) is 2.88. The zero-order valence-corrected chi connectivity index (χ0v) is 10.2. The molecule has 0 aliphatic rings. The van der Waals surface area contributed by atoms with E-state index in [1.807, 2.05) is 36.4 Å². The Hall–Kier alpha value is -2.76. The third-order valence-corrected chi connectivity index (χ3v) is 2.88. The molecule has 1 aromatic heterocycles. The molecular weight excluding hydrogens is 242 g/mol. The summed E-state index contributed by atoms with van der Waals surface area (Å²) in [6, 6.07) is 13.3. The zero-order chi connectivity index (χ0) is 13.2. The number of tetrazole rings is 1. The van der Waals surface area contributed by atoms with E-state index in [9.17, 15) is 4.79 Å². The summed E-state index contributed by atoms with van der Waals surface area (Å²) < 4.78 is 1.41. The van der Waals surface area contributed by atoms with Crippen LogP contribution in [0.3, 0.4) is 0 Å². The zero-order valence-electron chi connectivity index (χ0n) is 10.2. The Bertz CT molecular complexity index is 744. The molecule has 0 atom stereocenters. The molecule has 3 rings (SSSR count). The van der Waals surface area contributed by atoms with Crippen LogP contribution in [-0.4, -0.2) is 26.1 Å². The van der Waals surface area contributed by atoms with Gasteiger partial charge in [-0.05, 0) is 27.3 Å². The molecule has 0 saturated carbocycles. The van der Waals surface area contributed by atoms with E-state index in [0.717, 1.165) is 10.8 Å². The molecule has 6 nitrogen and oxygen atoms in total. The maximum absolute atomic E-state index is 12.3. The molecule has 2 aromatic carbocycles. The second-order valence-corrected chi connectivity index (χ2v) is 4.11. The van der Waals surface area contributed by atoms with E-state index < -0.39 is 0 Å². The van der Waals surface area contributed by atoms with Crippen LogP contribution in [0.15, 0.2) is 42.5 Å². The van der Waals surface area contributed by atoms with E-state index in [2.05, 4.69) is 20.8 Å². The van der Waals surface area contributed by atoms with Crippen LogP contribution in [0.25, 0.3) is 10.8 Å². The van der Waals surface area contributed by atoms with Crippen LogP contribution in [0.1, 0.15) is 10.4 Å². The molecule has 0 radical (unpaired) electrons. The summed E-state index contributed by atoms with van der Waals surface area (Å²) in [7, 11) is 1.67. The Labute approximate surface area is 109 Å². The number of hydrogen-bond acceptors (Lipinski definition) is 4. The second-order valence-electron chi connectivity index (χ2n) is 4.11. The summed E-state index contributed by atoms with van der Waals surface area (Å²) in [5.41, 5.74) is 0.598. The number of fused-ring (bicyclic) bond motifs is 1. The van der Waals surface area contributed by atoms with E-state index in [1.54, 1.807) is 13.1 Å². The van der Waals surface area contributed by atoms with Crippen LogP contribution in [0.5, 0.6) is 0 Å². The van der Waals surface area contributed by atoms with Crippen LogP contribution in [0, 0.1) is 0 Å². The lowest BCUT2D eigenvalue weighted by molar-refractivity contribution is 0.102. The fourth-order valence-electron chi connectivity index (χ4n) is 1.93. The molecule has 0 spiro atoms. The molecule has 94 valence electrons. The van der Waals surface area contributed by atoms with Gasteiger partial charge in [-0.15, -0.1) is 0 Å². The van der Waals surface area contributed by atoms with Gasteiger partial charge in [0.05, 0.1) is 0 Å². The van der Waals surface area contributed by atoms with Gasteiger partial charge in [-0.3, -0.25) is 10.1 Å². The van der Waals surface area contributed by atoms with Gasteiger partial charge in [-0.2, -0.15) is 0 Å². The number of benzene rings is 2. The minimum atomic E-state index is -0.227. The lowest BCUT2D eigenvalue weighted by atomic mass is 10.0. The number of nitrogens with one attached hydrogen (secondary N) is 1. The highest BCUT2D eigenvalue weighted by Gasteiger charge is 2.12. The Morgan fingerprint density at radius 1 is 1.16 bits per heavy atom. The smallest absolute Gasteiger partial charge is 0.258 e. The number of aryl methyl sites for hydroxylation is 1. The van der Waals surface area contributed by atoms with Crippen molar-refractivity contribution in [3.63, 3.8) is 0 Å². The van der Waals surface area contributed by atoms with Gasteiger partial charge in [-0.25, -0.2) is 4.68 Å². The standard InChI is InChI=1S/C13H11N5O/c1-18-13(15-16-17-18)14-12(19)11-8-4-6-9-5-2-3-7-10(9)11/h2-8H,1H3,(H,14,15,17,19). The maximum atomic E-state index is 12.3. The molecule has 1 heterocycles. The van der Waals surface area contributed by atoms with Crippen molar-refractivity contribution in [2.45, 2.75) is 0 Å². The molecule has 3 aromatic rings. The van der Waals surface area contributed by atoms with Crippen molar-refractivity contribution < 1.29 is 4.79 Å². The number of anilines is 1. The highest BCUT2D eigenvalue weighted by molar-refractivity contribution is 6.12. The molecule has 0 aliphatic carbocycles. The van der Waals surface area contributed by atoms with Gasteiger partial charge in [-0.1, -0.05) is 41.5 Å². The maximum Gasteiger partial charge on any atom is 0.258 e. The van der Waals surface area contributed by atoms with Gasteiger partial charge in [0.2, 0.25) is 5.95 Å². The van der Waals surface area contributed by atoms with Gasteiger partial charge in [0.1, 0.15) is 0 Å². The SMILES string of the molecule is Cn1nnnc1NC(=O)c1cccc2ccccc12. The molecule has 0 saturated heterocycles. The molecule has 0 unspecified atom stereocenters. The first kappa shape index (κ1) is 11.3. The summed E-state index contributed by atoms with van der Waals surface area (Å²) in [5.74, 6) is 0.0904. The number of carbonyl (C=O) groups excluding carboxylic acids is 1. The Morgan fingerprint density at radius 3 is 2.74 bits per heavy atom. The van der Waals surface area contributed by atoms with Crippen molar-refractivity contribution in [1.29, 1.82) is 0 Å². The monoisotopic (exact) mass is 253 g/mol. The lowest BCUT2D eigenvalue weighted by Crippen LogP contribution is -2.15. The van der Waals surface area contributed by atoms with Crippen LogP contribution in [-0.2, 0) is 7.05 Å². The van der Waals surface area contributed by atoms with Crippen molar-refractivity contribution in [1.82, 2.24) is 20.2 Å². The third kappa shape index (κ3) is 2.03. The van der Waals surface area contributed by atoms with Gasteiger partial charge < -0.3 is 0 Å². The topological polar surface area (TPSA) is 72.7 Å². The molecule has 0 bridgehead atoms. The van der Waals surface area contributed by atoms with Crippen molar-refractivity contribution in [3.05, 3.63) is 48.0 Å². The fourth-order valence-corrected chi connectivity index (χ4v) is 1.93. The first-order chi connectivity index (χ1) is 9.25. The number of amides is 1. The molecule has 6 heteroatoms. The quantitative estimate of drug-likeness (QED) is 0.753. The van der Waals surface area contributed by atoms with Crippen LogP contribution in [0.2, 0.25) is 0 Å². The van der Waals surface area contributed by atoms with Gasteiger partial charge in [0.25, 0.3) is 5.91 Å². The first-order valence-electron chi connectivity index (χ1n) is 5.77. The molecule has 19 heavy (non-hydrogen) atoms. The molecule has 0 aliphatic heterocycles. The van der Waals surface area contributed by atoms with Crippen molar-refractivity contribution >= 4 is 22.6 Å². The van der Waals surface area contributed by atoms with E-state index in [4.69, 9.17) is 0 Å². The number of aromatic nitrogens is 4. The lowest BCUT2D eigenvalue weighted by Gasteiger charge is -2.06. The molecule has 0 fully saturated rings. The summed E-state index contributed by atoms with van der Waals surface area (Å²) in [6.07, 6.45) is 0. The van der Waals surface area contributed by atoms with Crippen LogP contribution < -0.4 is 5.32 Å².